The first kappa shape index (κ1) is 13.3. The van der Waals surface area contributed by atoms with Crippen LogP contribution in [0.25, 0.3) is 11.3 Å². The van der Waals surface area contributed by atoms with Crippen molar-refractivity contribution < 1.29 is 4.39 Å². The average Bonchev–Trinajstić information content (AvgIpc) is 2.51. The minimum absolute atomic E-state index is 0.0688. The molecule has 1 heterocycles. The van der Waals surface area contributed by atoms with Crippen LogP contribution < -0.4 is 5.56 Å². The Bertz CT molecular complexity index is 791. The van der Waals surface area contributed by atoms with Crippen molar-refractivity contribution in [1.29, 1.82) is 0 Å². The van der Waals surface area contributed by atoms with E-state index >= 15 is 0 Å². The van der Waals surface area contributed by atoms with Crippen LogP contribution in [0.2, 0.25) is 0 Å². The van der Waals surface area contributed by atoms with Crippen LogP contribution in [-0.4, -0.2) is 4.57 Å². The third-order valence-corrected chi connectivity index (χ3v) is 3.37. The highest BCUT2D eigenvalue weighted by molar-refractivity contribution is 5.59. The number of halogens is 1. The summed E-state index contributed by atoms with van der Waals surface area (Å²) in [5, 5.41) is 0. The molecule has 0 radical (unpaired) electrons. The van der Waals surface area contributed by atoms with E-state index in [1.807, 2.05) is 36.4 Å². The predicted octanol–water partition coefficient (Wildman–Crippen LogP) is 3.70. The number of rotatable bonds is 3. The SMILES string of the molecule is O=c1cccc(-c2ccc(F)cc2)n1Cc1ccccc1. The molecule has 0 aliphatic heterocycles. The number of pyridine rings is 1. The van der Waals surface area contributed by atoms with E-state index in [1.165, 1.54) is 18.2 Å². The summed E-state index contributed by atoms with van der Waals surface area (Å²) in [4.78, 5) is 12.2. The number of aromatic nitrogens is 1. The molecule has 0 aliphatic rings. The highest BCUT2D eigenvalue weighted by atomic mass is 19.1. The zero-order valence-corrected chi connectivity index (χ0v) is 11.4. The van der Waals surface area contributed by atoms with Crippen LogP contribution in [-0.2, 0) is 6.54 Å². The third kappa shape index (κ3) is 2.92. The quantitative estimate of drug-likeness (QED) is 0.716. The molecule has 2 aromatic carbocycles. The van der Waals surface area contributed by atoms with Gasteiger partial charge in [0.05, 0.1) is 12.2 Å². The lowest BCUT2D eigenvalue weighted by atomic mass is 10.1. The topological polar surface area (TPSA) is 22.0 Å². The fraction of sp³-hybridized carbons (Fsp3) is 0.0556. The molecular formula is C18H14FNO. The summed E-state index contributed by atoms with van der Waals surface area (Å²) in [5.41, 5.74) is 2.59. The van der Waals surface area contributed by atoms with Gasteiger partial charge in [0.1, 0.15) is 5.82 Å². The molecule has 3 heteroatoms. The van der Waals surface area contributed by atoms with E-state index in [4.69, 9.17) is 0 Å². The molecule has 3 rings (SSSR count). The Morgan fingerprint density at radius 2 is 1.52 bits per heavy atom. The smallest absolute Gasteiger partial charge is 0.251 e. The van der Waals surface area contributed by atoms with Crippen LogP contribution in [0.3, 0.4) is 0 Å². The van der Waals surface area contributed by atoms with Gasteiger partial charge < -0.3 is 4.57 Å². The van der Waals surface area contributed by atoms with Crippen molar-refractivity contribution in [2.24, 2.45) is 0 Å². The summed E-state index contributed by atoms with van der Waals surface area (Å²) < 4.78 is 14.8. The molecule has 0 spiro atoms. The van der Waals surface area contributed by atoms with E-state index in [9.17, 15) is 9.18 Å². The largest absolute Gasteiger partial charge is 0.304 e. The Balaban J connectivity index is 2.07. The lowest BCUT2D eigenvalue weighted by Crippen LogP contribution is -2.21. The van der Waals surface area contributed by atoms with Crippen molar-refractivity contribution in [2.75, 3.05) is 0 Å². The molecule has 21 heavy (non-hydrogen) atoms. The Kier molecular flexibility index (Phi) is 3.65. The number of nitrogens with zero attached hydrogens (tertiary/aromatic N) is 1. The second-order valence-electron chi connectivity index (χ2n) is 4.83. The second-order valence-corrected chi connectivity index (χ2v) is 4.83. The lowest BCUT2D eigenvalue weighted by Gasteiger charge is -2.13. The van der Waals surface area contributed by atoms with Crippen molar-refractivity contribution in [1.82, 2.24) is 4.57 Å². The van der Waals surface area contributed by atoms with E-state index in [0.717, 1.165) is 16.8 Å². The van der Waals surface area contributed by atoms with Gasteiger partial charge in [-0.1, -0.05) is 36.4 Å². The molecule has 0 amide bonds. The molecule has 0 bridgehead atoms. The molecule has 0 saturated heterocycles. The van der Waals surface area contributed by atoms with Gasteiger partial charge in [-0.3, -0.25) is 4.79 Å². The van der Waals surface area contributed by atoms with E-state index in [2.05, 4.69) is 0 Å². The molecule has 0 fully saturated rings. The van der Waals surface area contributed by atoms with Crippen LogP contribution in [0.1, 0.15) is 5.56 Å². The van der Waals surface area contributed by atoms with Gasteiger partial charge in [0.15, 0.2) is 0 Å². The van der Waals surface area contributed by atoms with Crippen molar-refractivity contribution in [2.45, 2.75) is 6.54 Å². The summed E-state index contributed by atoms with van der Waals surface area (Å²) in [5.74, 6) is -0.286. The monoisotopic (exact) mass is 279 g/mol. The summed E-state index contributed by atoms with van der Waals surface area (Å²) in [6, 6.07) is 21.1. The van der Waals surface area contributed by atoms with Gasteiger partial charge in [0, 0.05) is 6.07 Å². The molecular weight excluding hydrogens is 265 g/mol. The highest BCUT2D eigenvalue weighted by Crippen LogP contribution is 2.19. The Hall–Kier alpha value is -2.68. The van der Waals surface area contributed by atoms with E-state index in [1.54, 1.807) is 22.8 Å². The standard InChI is InChI=1S/C18H14FNO/c19-16-11-9-15(10-12-16)17-7-4-8-18(21)20(17)13-14-5-2-1-3-6-14/h1-12H,13H2. The first-order chi connectivity index (χ1) is 10.2. The maximum Gasteiger partial charge on any atom is 0.251 e. The Labute approximate surface area is 122 Å². The van der Waals surface area contributed by atoms with Gasteiger partial charge in [-0.15, -0.1) is 0 Å². The Morgan fingerprint density at radius 1 is 0.810 bits per heavy atom. The normalized spacial score (nSPS) is 10.5. The second kappa shape index (κ2) is 5.75. The van der Waals surface area contributed by atoms with Crippen LogP contribution in [0.15, 0.2) is 77.6 Å². The fourth-order valence-corrected chi connectivity index (χ4v) is 2.32. The molecule has 3 aromatic rings. The molecule has 0 unspecified atom stereocenters. The van der Waals surface area contributed by atoms with E-state index in [-0.39, 0.29) is 11.4 Å². The molecule has 0 aliphatic carbocycles. The minimum Gasteiger partial charge on any atom is -0.304 e. The van der Waals surface area contributed by atoms with Gasteiger partial charge in [0.25, 0.3) is 5.56 Å². The van der Waals surface area contributed by atoms with Crippen LogP contribution in [0, 0.1) is 5.82 Å². The van der Waals surface area contributed by atoms with Crippen LogP contribution in [0.4, 0.5) is 4.39 Å². The van der Waals surface area contributed by atoms with Gasteiger partial charge in [-0.05, 0) is 41.5 Å². The summed E-state index contributed by atoms with van der Waals surface area (Å²) in [6.07, 6.45) is 0. The molecule has 104 valence electrons. The van der Waals surface area contributed by atoms with Gasteiger partial charge >= 0.3 is 0 Å². The van der Waals surface area contributed by atoms with Crippen molar-refractivity contribution in [3.8, 4) is 11.3 Å². The molecule has 2 nitrogen and oxygen atoms in total. The summed E-state index contributed by atoms with van der Waals surface area (Å²) in [7, 11) is 0. The van der Waals surface area contributed by atoms with Gasteiger partial charge in [-0.2, -0.15) is 0 Å². The number of hydrogen-bond acceptors (Lipinski definition) is 1. The first-order valence-electron chi connectivity index (χ1n) is 6.74. The van der Waals surface area contributed by atoms with Crippen molar-refractivity contribution in [3.05, 3.63) is 94.5 Å². The van der Waals surface area contributed by atoms with E-state index < -0.39 is 0 Å². The lowest BCUT2D eigenvalue weighted by molar-refractivity contribution is 0.628. The highest BCUT2D eigenvalue weighted by Gasteiger charge is 2.07. The Morgan fingerprint density at radius 3 is 2.24 bits per heavy atom. The zero-order chi connectivity index (χ0) is 14.7. The van der Waals surface area contributed by atoms with Crippen LogP contribution in [0.5, 0.6) is 0 Å². The predicted molar refractivity (Wildman–Crippen MR) is 81.6 cm³/mol. The number of hydrogen-bond donors (Lipinski definition) is 0. The first-order valence-corrected chi connectivity index (χ1v) is 6.74. The van der Waals surface area contributed by atoms with Crippen molar-refractivity contribution >= 4 is 0 Å². The zero-order valence-electron chi connectivity index (χ0n) is 11.4. The number of benzene rings is 2. The third-order valence-electron chi connectivity index (χ3n) is 3.37. The molecule has 0 atom stereocenters. The molecule has 1 aromatic heterocycles. The summed E-state index contributed by atoms with van der Waals surface area (Å²) in [6.45, 7) is 0.493. The average molecular weight is 279 g/mol. The molecule has 0 saturated carbocycles. The minimum atomic E-state index is -0.286. The summed E-state index contributed by atoms with van der Waals surface area (Å²) >= 11 is 0. The van der Waals surface area contributed by atoms with Gasteiger partial charge in [-0.25, -0.2) is 4.39 Å². The fourth-order valence-electron chi connectivity index (χ4n) is 2.32. The van der Waals surface area contributed by atoms with Crippen molar-refractivity contribution in [3.63, 3.8) is 0 Å². The van der Waals surface area contributed by atoms with Gasteiger partial charge in [0.2, 0.25) is 0 Å². The maximum absolute atomic E-state index is 13.1. The van der Waals surface area contributed by atoms with E-state index in [0.29, 0.717) is 6.54 Å². The van der Waals surface area contributed by atoms with Crippen LogP contribution >= 0.6 is 0 Å². The molecule has 0 N–H and O–H groups in total. The maximum atomic E-state index is 13.1.